The molecule has 7 nitrogen and oxygen atoms in total. The Morgan fingerprint density at radius 1 is 1.57 bits per heavy atom. The van der Waals surface area contributed by atoms with Crippen molar-refractivity contribution in [1.82, 2.24) is 19.9 Å². The second-order valence-electron chi connectivity index (χ2n) is 5.05. The predicted octanol–water partition coefficient (Wildman–Crippen LogP) is 0.810. The standard InChI is InChI=1S/C13H19N5O2S/c1-5-8(2)14-10(19)7-17(4)13-16-18-11(20)6-9(3)15-12(18)21-13/h6,8H,5,7H2,1-4H3,(H,14,19). The molecule has 114 valence electrons. The average molecular weight is 309 g/mol. The molecular weight excluding hydrogens is 290 g/mol. The van der Waals surface area contributed by atoms with Gasteiger partial charge in [-0.3, -0.25) is 9.59 Å². The SMILES string of the molecule is CCC(C)NC(=O)CN(C)c1nn2c(=O)cc(C)nc2s1. The second-order valence-corrected chi connectivity index (χ2v) is 5.98. The van der Waals surface area contributed by atoms with Gasteiger partial charge in [-0.2, -0.15) is 4.52 Å². The number of carbonyl (C=O) groups excluding carboxylic acids is 1. The van der Waals surface area contributed by atoms with Crippen LogP contribution in [0.5, 0.6) is 0 Å². The maximum atomic E-state index is 11.9. The van der Waals surface area contributed by atoms with E-state index in [-0.39, 0.29) is 24.1 Å². The molecule has 2 aromatic rings. The number of nitrogens with zero attached hydrogens (tertiary/aromatic N) is 4. The van der Waals surface area contributed by atoms with E-state index >= 15 is 0 Å². The largest absolute Gasteiger partial charge is 0.352 e. The Bertz CT molecular complexity index is 708. The Balaban J connectivity index is 2.16. The number of aryl methyl sites for hydroxylation is 1. The van der Waals surface area contributed by atoms with Crippen LogP contribution < -0.4 is 15.8 Å². The van der Waals surface area contributed by atoms with Gasteiger partial charge in [0.1, 0.15) is 0 Å². The van der Waals surface area contributed by atoms with Gasteiger partial charge >= 0.3 is 0 Å². The minimum atomic E-state index is -0.211. The van der Waals surface area contributed by atoms with Crippen LogP contribution in [0.2, 0.25) is 0 Å². The Morgan fingerprint density at radius 3 is 2.95 bits per heavy atom. The summed E-state index contributed by atoms with van der Waals surface area (Å²) < 4.78 is 1.26. The van der Waals surface area contributed by atoms with E-state index in [1.807, 2.05) is 13.8 Å². The Morgan fingerprint density at radius 2 is 2.29 bits per heavy atom. The van der Waals surface area contributed by atoms with Crippen molar-refractivity contribution < 1.29 is 4.79 Å². The molecule has 21 heavy (non-hydrogen) atoms. The molecule has 0 aliphatic rings. The number of carbonyl (C=O) groups is 1. The fourth-order valence-corrected chi connectivity index (χ4v) is 2.68. The number of anilines is 1. The van der Waals surface area contributed by atoms with Crippen LogP contribution >= 0.6 is 11.3 Å². The predicted molar refractivity (Wildman–Crippen MR) is 83.0 cm³/mol. The van der Waals surface area contributed by atoms with Gasteiger partial charge in [0, 0.05) is 24.8 Å². The zero-order valence-corrected chi connectivity index (χ0v) is 13.4. The molecule has 0 saturated carbocycles. The molecule has 0 radical (unpaired) electrons. The third-order valence-corrected chi connectivity index (χ3v) is 4.11. The van der Waals surface area contributed by atoms with Crippen LogP contribution in [0.25, 0.3) is 4.96 Å². The third-order valence-electron chi connectivity index (χ3n) is 3.09. The molecule has 0 aliphatic carbocycles. The molecule has 0 bridgehead atoms. The number of hydrogen-bond donors (Lipinski definition) is 1. The maximum Gasteiger partial charge on any atom is 0.275 e. The molecule has 0 aromatic carbocycles. The van der Waals surface area contributed by atoms with Crippen molar-refractivity contribution in [3.05, 3.63) is 22.1 Å². The first-order chi connectivity index (χ1) is 9.90. The van der Waals surface area contributed by atoms with Crippen LogP contribution in [0.1, 0.15) is 26.0 Å². The summed E-state index contributed by atoms with van der Waals surface area (Å²) in [4.78, 5) is 30.2. The topological polar surface area (TPSA) is 79.6 Å². The first-order valence-electron chi connectivity index (χ1n) is 6.78. The molecule has 2 heterocycles. The summed E-state index contributed by atoms with van der Waals surface area (Å²) in [5.74, 6) is -0.0670. The van der Waals surface area contributed by atoms with Gasteiger partial charge in [-0.15, -0.1) is 5.10 Å². The maximum absolute atomic E-state index is 11.9. The van der Waals surface area contributed by atoms with Gasteiger partial charge in [-0.05, 0) is 20.3 Å². The number of fused-ring (bicyclic) bond motifs is 1. The molecule has 8 heteroatoms. The van der Waals surface area contributed by atoms with E-state index in [2.05, 4.69) is 15.4 Å². The van der Waals surface area contributed by atoms with Gasteiger partial charge < -0.3 is 10.2 Å². The highest BCUT2D eigenvalue weighted by atomic mass is 32.1. The first kappa shape index (κ1) is 15.4. The number of likely N-dealkylation sites (N-methyl/N-ethyl adjacent to an activating group) is 1. The minimum Gasteiger partial charge on any atom is -0.352 e. The van der Waals surface area contributed by atoms with Crippen molar-refractivity contribution >= 4 is 27.3 Å². The van der Waals surface area contributed by atoms with Crippen LogP contribution in [0.15, 0.2) is 10.9 Å². The summed E-state index contributed by atoms with van der Waals surface area (Å²) in [6.45, 7) is 5.94. The molecular formula is C13H19N5O2S. The fourth-order valence-electron chi connectivity index (χ4n) is 1.77. The molecule has 0 saturated heterocycles. The smallest absolute Gasteiger partial charge is 0.275 e. The normalized spacial score (nSPS) is 12.4. The van der Waals surface area contributed by atoms with Crippen molar-refractivity contribution in [3.8, 4) is 0 Å². The van der Waals surface area contributed by atoms with Gasteiger partial charge in [-0.1, -0.05) is 18.3 Å². The van der Waals surface area contributed by atoms with Gasteiger partial charge in [0.15, 0.2) is 0 Å². The lowest BCUT2D eigenvalue weighted by molar-refractivity contribution is -0.120. The summed E-state index contributed by atoms with van der Waals surface area (Å²) in [6.07, 6.45) is 0.884. The lowest BCUT2D eigenvalue weighted by Gasteiger charge is -2.17. The Kier molecular flexibility index (Phi) is 4.56. The van der Waals surface area contributed by atoms with Crippen molar-refractivity contribution in [3.63, 3.8) is 0 Å². The fraction of sp³-hybridized carbons (Fsp3) is 0.538. The highest BCUT2D eigenvalue weighted by molar-refractivity contribution is 7.20. The minimum absolute atomic E-state index is 0.0670. The molecule has 2 rings (SSSR count). The first-order valence-corrected chi connectivity index (χ1v) is 7.60. The van der Waals surface area contributed by atoms with E-state index in [1.54, 1.807) is 18.9 Å². The lowest BCUT2D eigenvalue weighted by Crippen LogP contribution is -2.39. The van der Waals surface area contributed by atoms with Gasteiger partial charge in [0.2, 0.25) is 16.0 Å². The highest BCUT2D eigenvalue weighted by Gasteiger charge is 2.14. The third kappa shape index (κ3) is 3.57. The van der Waals surface area contributed by atoms with E-state index in [0.717, 1.165) is 6.42 Å². The molecule has 1 atom stereocenters. The Hall–Kier alpha value is -1.96. The molecule has 0 spiro atoms. The zero-order chi connectivity index (χ0) is 15.6. The second kappa shape index (κ2) is 6.21. The molecule has 1 amide bonds. The van der Waals surface area contributed by atoms with Gasteiger partial charge in [-0.25, -0.2) is 4.98 Å². The van der Waals surface area contributed by atoms with Crippen LogP contribution in [0.4, 0.5) is 5.13 Å². The molecule has 1 unspecified atom stereocenters. The van der Waals surface area contributed by atoms with Crippen molar-refractivity contribution in [2.45, 2.75) is 33.2 Å². The van der Waals surface area contributed by atoms with E-state index < -0.39 is 0 Å². The van der Waals surface area contributed by atoms with Crippen LogP contribution in [-0.2, 0) is 4.79 Å². The molecule has 1 N–H and O–H groups in total. The average Bonchev–Trinajstić information content (AvgIpc) is 2.82. The number of aromatic nitrogens is 3. The zero-order valence-electron chi connectivity index (χ0n) is 12.6. The number of amides is 1. The number of rotatable bonds is 5. The molecule has 0 fully saturated rings. The van der Waals surface area contributed by atoms with Crippen molar-refractivity contribution in [2.75, 3.05) is 18.5 Å². The van der Waals surface area contributed by atoms with Crippen LogP contribution in [0.3, 0.4) is 0 Å². The van der Waals surface area contributed by atoms with Crippen LogP contribution in [0, 0.1) is 6.92 Å². The van der Waals surface area contributed by atoms with E-state index in [1.165, 1.54) is 21.9 Å². The van der Waals surface area contributed by atoms with Crippen LogP contribution in [-0.4, -0.2) is 40.1 Å². The number of nitrogens with one attached hydrogen (secondary N) is 1. The summed E-state index contributed by atoms with van der Waals surface area (Å²) in [6, 6.07) is 1.58. The molecule has 0 aliphatic heterocycles. The highest BCUT2D eigenvalue weighted by Crippen LogP contribution is 2.19. The van der Waals surface area contributed by atoms with E-state index in [9.17, 15) is 9.59 Å². The summed E-state index contributed by atoms with van der Waals surface area (Å²) in [5, 5.41) is 7.70. The van der Waals surface area contributed by atoms with Crippen molar-refractivity contribution in [2.24, 2.45) is 0 Å². The summed E-state index contributed by atoms with van der Waals surface area (Å²) >= 11 is 1.29. The summed E-state index contributed by atoms with van der Waals surface area (Å²) in [7, 11) is 1.77. The lowest BCUT2D eigenvalue weighted by atomic mass is 10.2. The quantitative estimate of drug-likeness (QED) is 0.884. The van der Waals surface area contributed by atoms with E-state index in [0.29, 0.717) is 15.8 Å². The Labute approximate surface area is 126 Å². The number of hydrogen-bond acceptors (Lipinski definition) is 6. The van der Waals surface area contributed by atoms with Crippen molar-refractivity contribution in [1.29, 1.82) is 0 Å². The monoisotopic (exact) mass is 309 g/mol. The van der Waals surface area contributed by atoms with Gasteiger partial charge in [0.05, 0.1) is 6.54 Å². The molecule has 2 aromatic heterocycles. The van der Waals surface area contributed by atoms with E-state index in [4.69, 9.17) is 0 Å². The van der Waals surface area contributed by atoms with Gasteiger partial charge in [0.25, 0.3) is 5.56 Å². The summed E-state index contributed by atoms with van der Waals surface area (Å²) in [5.41, 5.74) is 0.449.